The van der Waals surface area contributed by atoms with E-state index in [4.69, 9.17) is 23.2 Å². The number of rotatable bonds is 2. The molecule has 0 aliphatic carbocycles. The SMILES string of the molecule is CCc1cc(Cl)c2c(CCl)csc2c1. The summed E-state index contributed by atoms with van der Waals surface area (Å²) in [5.74, 6) is 0.533. The summed E-state index contributed by atoms with van der Waals surface area (Å²) in [6.07, 6.45) is 1.02. The molecule has 0 spiro atoms. The van der Waals surface area contributed by atoms with Crippen LogP contribution in [0.4, 0.5) is 0 Å². The molecule has 0 N–H and O–H groups in total. The van der Waals surface area contributed by atoms with Crippen molar-refractivity contribution >= 4 is 44.6 Å². The minimum absolute atomic E-state index is 0.533. The van der Waals surface area contributed by atoms with E-state index in [1.54, 1.807) is 11.3 Å². The quantitative estimate of drug-likeness (QED) is 0.663. The highest BCUT2D eigenvalue weighted by atomic mass is 35.5. The Morgan fingerprint density at radius 3 is 2.79 bits per heavy atom. The molecule has 0 aliphatic rings. The summed E-state index contributed by atoms with van der Waals surface area (Å²) in [5.41, 5.74) is 2.42. The summed E-state index contributed by atoms with van der Waals surface area (Å²) >= 11 is 13.8. The summed E-state index contributed by atoms with van der Waals surface area (Å²) in [6, 6.07) is 4.23. The average Bonchev–Trinajstić information content (AvgIpc) is 2.61. The summed E-state index contributed by atoms with van der Waals surface area (Å²) in [4.78, 5) is 0. The molecule has 2 rings (SSSR count). The van der Waals surface area contributed by atoms with Crippen molar-refractivity contribution in [2.75, 3.05) is 0 Å². The Morgan fingerprint density at radius 1 is 1.36 bits per heavy atom. The third kappa shape index (κ3) is 1.65. The predicted octanol–water partition coefficient (Wildman–Crippen LogP) is 4.86. The first-order chi connectivity index (χ1) is 6.76. The monoisotopic (exact) mass is 244 g/mol. The molecule has 1 aromatic heterocycles. The minimum atomic E-state index is 0.533. The largest absolute Gasteiger partial charge is 0.143 e. The van der Waals surface area contributed by atoms with E-state index in [1.165, 1.54) is 10.3 Å². The molecule has 0 saturated heterocycles. The van der Waals surface area contributed by atoms with E-state index in [1.807, 2.05) is 6.07 Å². The van der Waals surface area contributed by atoms with E-state index in [2.05, 4.69) is 18.4 Å². The fraction of sp³-hybridized carbons (Fsp3) is 0.273. The molecular formula is C11H10Cl2S. The van der Waals surface area contributed by atoms with Crippen LogP contribution >= 0.6 is 34.5 Å². The molecule has 3 heteroatoms. The second kappa shape index (κ2) is 4.09. The highest BCUT2D eigenvalue weighted by Gasteiger charge is 2.08. The lowest BCUT2D eigenvalue weighted by molar-refractivity contribution is 1.15. The van der Waals surface area contributed by atoms with Crippen LogP contribution in [0.5, 0.6) is 0 Å². The summed E-state index contributed by atoms with van der Waals surface area (Å²) in [6.45, 7) is 2.13. The molecule has 1 heterocycles. The Kier molecular flexibility index (Phi) is 3.01. The van der Waals surface area contributed by atoms with Crippen LogP contribution in [0.3, 0.4) is 0 Å². The highest BCUT2D eigenvalue weighted by molar-refractivity contribution is 7.17. The molecule has 0 unspecified atom stereocenters. The number of thiophene rings is 1. The smallest absolute Gasteiger partial charge is 0.0498 e. The van der Waals surface area contributed by atoms with Gasteiger partial charge in [0.1, 0.15) is 0 Å². The van der Waals surface area contributed by atoms with Gasteiger partial charge in [-0.25, -0.2) is 0 Å². The van der Waals surface area contributed by atoms with Gasteiger partial charge in [-0.05, 0) is 35.1 Å². The molecule has 0 aliphatic heterocycles. The van der Waals surface area contributed by atoms with Gasteiger partial charge >= 0.3 is 0 Å². The summed E-state index contributed by atoms with van der Waals surface area (Å²) < 4.78 is 1.24. The van der Waals surface area contributed by atoms with Gasteiger partial charge in [0.2, 0.25) is 0 Å². The number of hydrogen-bond acceptors (Lipinski definition) is 1. The van der Waals surface area contributed by atoms with Crippen LogP contribution in [0, 0.1) is 0 Å². The van der Waals surface area contributed by atoms with Gasteiger partial charge in [-0.3, -0.25) is 0 Å². The second-order valence-electron chi connectivity index (χ2n) is 3.20. The van der Waals surface area contributed by atoms with Crippen molar-refractivity contribution in [2.45, 2.75) is 19.2 Å². The molecule has 0 bridgehead atoms. The molecule has 0 saturated carbocycles. The van der Waals surface area contributed by atoms with Gasteiger partial charge in [0.05, 0.1) is 0 Å². The van der Waals surface area contributed by atoms with E-state index in [0.29, 0.717) is 5.88 Å². The molecular weight excluding hydrogens is 235 g/mol. The minimum Gasteiger partial charge on any atom is -0.143 e. The number of aryl methyl sites for hydroxylation is 1. The van der Waals surface area contributed by atoms with Crippen LogP contribution in [-0.2, 0) is 12.3 Å². The first-order valence-electron chi connectivity index (χ1n) is 4.50. The van der Waals surface area contributed by atoms with Crippen LogP contribution in [0.25, 0.3) is 10.1 Å². The Labute approximate surface area is 97.5 Å². The zero-order valence-corrected chi connectivity index (χ0v) is 10.1. The summed E-state index contributed by atoms with van der Waals surface area (Å²) in [5, 5.41) is 4.04. The van der Waals surface area contributed by atoms with Crippen LogP contribution in [-0.4, -0.2) is 0 Å². The Hall–Kier alpha value is -0.240. The van der Waals surface area contributed by atoms with Crippen molar-refractivity contribution in [3.63, 3.8) is 0 Å². The lowest BCUT2D eigenvalue weighted by Crippen LogP contribution is -1.81. The van der Waals surface area contributed by atoms with Gasteiger partial charge in [0, 0.05) is 21.0 Å². The summed E-state index contributed by atoms with van der Waals surface area (Å²) in [7, 11) is 0. The fourth-order valence-electron chi connectivity index (χ4n) is 1.54. The lowest BCUT2D eigenvalue weighted by Gasteiger charge is -2.01. The van der Waals surface area contributed by atoms with E-state index < -0.39 is 0 Å². The standard InChI is InChI=1S/C11H10Cl2S/c1-2-7-3-9(13)11-8(5-12)6-14-10(11)4-7/h3-4,6H,2,5H2,1H3. The van der Waals surface area contributed by atoms with Gasteiger partial charge in [-0.1, -0.05) is 18.5 Å². The normalized spacial score (nSPS) is 11.1. The van der Waals surface area contributed by atoms with Crippen molar-refractivity contribution in [2.24, 2.45) is 0 Å². The molecule has 0 atom stereocenters. The van der Waals surface area contributed by atoms with Crippen molar-refractivity contribution in [3.05, 3.63) is 33.7 Å². The number of benzene rings is 1. The molecule has 14 heavy (non-hydrogen) atoms. The maximum absolute atomic E-state index is 6.21. The molecule has 1 aromatic carbocycles. The topological polar surface area (TPSA) is 0 Å². The van der Waals surface area contributed by atoms with Crippen LogP contribution in [0.1, 0.15) is 18.1 Å². The Balaban J connectivity index is 2.72. The second-order valence-corrected chi connectivity index (χ2v) is 4.78. The predicted molar refractivity (Wildman–Crippen MR) is 65.8 cm³/mol. The van der Waals surface area contributed by atoms with Crippen molar-refractivity contribution in [1.82, 2.24) is 0 Å². The molecule has 74 valence electrons. The van der Waals surface area contributed by atoms with Gasteiger partial charge in [-0.2, -0.15) is 0 Å². The highest BCUT2D eigenvalue weighted by Crippen LogP contribution is 2.34. The fourth-order valence-corrected chi connectivity index (χ4v) is 3.31. The first kappa shape index (κ1) is 10.3. The third-order valence-electron chi connectivity index (χ3n) is 2.32. The zero-order chi connectivity index (χ0) is 10.1. The maximum Gasteiger partial charge on any atom is 0.0498 e. The first-order valence-corrected chi connectivity index (χ1v) is 6.30. The number of alkyl halides is 1. The van der Waals surface area contributed by atoms with E-state index >= 15 is 0 Å². The Morgan fingerprint density at radius 2 is 2.14 bits per heavy atom. The maximum atomic E-state index is 6.21. The molecule has 2 aromatic rings. The number of fused-ring (bicyclic) bond motifs is 1. The lowest BCUT2D eigenvalue weighted by atomic mass is 10.1. The van der Waals surface area contributed by atoms with E-state index in [-0.39, 0.29) is 0 Å². The van der Waals surface area contributed by atoms with Gasteiger partial charge in [-0.15, -0.1) is 22.9 Å². The van der Waals surface area contributed by atoms with Crippen molar-refractivity contribution < 1.29 is 0 Å². The zero-order valence-electron chi connectivity index (χ0n) is 7.81. The van der Waals surface area contributed by atoms with Crippen LogP contribution < -0.4 is 0 Å². The van der Waals surface area contributed by atoms with Crippen LogP contribution in [0.2, 0.25) is 5.02 Å². The Bertz CT molecular complexity index is 460. The molecule has 0 fully saturated rings. The van der Waals surface area contributed by atoms with E-state index in [9.17, 15) is 0 Å². The van der Waals surface area contributed by atoms with Gasteiger partial charge < -0.3 is 0 Å². The van der Waals surface area contributed by atoms with Gasteiger partial charge in [0.25, 0.3) is 0 Å². The van der Waals surface area contributed by atoms with Gasteiger partial charge in [0.15, 0.2) is 0 Å². The van der Waals surface area contributed by atoms with E-state index in [0.717, 1.165) is 22.4 Å². The van der Waals surface area contributed by atoms with Crippen molar-refractivity contribution in [1.29, 1.82) is 0 Å². The van der Waals surface area contributed by atoms with Crippen molar-refractivity contribution in [3.8, 4) is 0 Å². The third-order valence-corrected chi connectivity index (χ3v) is 3.88. The number of halogens is 2. The molecule has 0 nitrogen and oxygen atoms in total. The van der Waals surface area contributed by atoms with Crippen LogP contribution in [0.15, 0.2) is 17.5 Å². The molecule has 0 amide bonds. The number of hydrogen-bond donors (Lipinski definition) is 0. The molecule has 0 radical (unpaired) electrons. The average molecular weight is 245 g/mol.